The van der Waals surface area contributed by atoms with E-state index < -0.39 is 0 Å². The Morgan fingerprint density at radius 1 is 1.19 bits per heavy atom. The van der Waals surface area contributed by atoms with Crippen molar-refractivity contribution in [3.8, 4) is 0 Å². The minimum Gasteiger partial charge on any atom is -0.377 e. The van der Waals surface area contributed by atoms with Gasteiger partial charge in [-0.25, -0.2) is 0 Å². The standard InChI is InChI=1S/C17H28N2O2/c20-17(18-10-4-5-11-18)14-19(13-16-9-6-12-21-16)15-7-2-1-3-8-15/h2,7,15-16H,1,3-6,8-14H2. The molecule has 1 aliphatic carbocycles. The molecule has 0 bridgehead atoms. The largest absolute Gasteiger partial charge is 0.377 e. The summed E-state index contributed by atoms with van der Waals surface area (Å²) in [6.07, 6.45) is 13.1. The molecule has 2 atom stereocenters. The number of likely N-dealkylation sites (tertiary alicyclic amines) is 1. The molecule has 4 nitrogen and oxygen atoms in total. The van der Waals surface area contributed by atoms with Crippen LogP contribution in [0.5, 0.6) is 0 Å². The van der Waals surface area contributed by atoms with Crippen LogP contribution in [0, 0.1) is 0 Å². The van der Waals surface area contributed by atoms with Gasteiger partial charge in [-0.1, -0.05) is 12.2 Å². The van der Waals surface area contributed by atoms with E-state index >= 15 is 0 Å². The molecule has 0 spiro atoms. The Bertz CT molecular complexity index is 371. The highest BCUT2D eigenvalue weighted by Gasteiger charge is 2.28. The van der Waals surface area contributed by atoms with Crippen molar-refractivity contribution in [3.63, 3.8) is 0 Å². The van der Waals surface area contributed by atoms with E-state index in [0.717, 1.165) is 32.7 Å². The molecule has 2 fully saturated rings. The minimum absolute atomic E-state index is 0.310. The third-order valence-electron chi connectivity index (χ3n) is 4.96. The first-order chi connectivity index (χ1) is 10.3. The topological polar surface area (TPSA) is 32.8 Å². The number of allylic oxidation sites excluding steroid dienone is 1. The highest BCUT2D eigenvalue weighted by Crippen LogP contribution is 2.21. The molecule has 2 heterocycles. The lowest BCUT2D eigenvalue weighted by Crippen LogP contribution is -2.46. The van der Waals surface area contributed by atoms with Crippen LogP contribution in [0.2, 0.25) is 0 Å². The maximum Gasteiger partial charge on any atom is 0.236 e. The van der Waals surface area contributed by atoms with Crippen LogP contribution in [0.3, 0.4) is 0 Å². The van der Waals surface area contributed by atoms with Gasteiger partial charge in [0.2, 0.25) is 5.91 Å². The zero-order chi connectivity index (χ0) is 14.5. The van der Waals surface area contributed by atoms with Gasteiger partial charge >= 0.3 is 0 Å². The monoisotopic (exact) mass is 292 g/mol. The average Bonchev–Trinajstić information content (AvgIpc) is 3.21. The first-order valence-corrected chi connectivity index (χ1v) is 8.63. The number of ether oxygens (including phenoxy) is 1. The summed E-state index contributed by atoms with van der Waals surface area (Å²) in [6, 6.07) is 0.425. The van der Waals surface area contributed by atoms with E-state index in [-0.39, 0.29) is 0 Å². The van der Waals surface area contributed by atoms with Crippen molar-refractivity contribution in [1.82, 2.24) is 9.80 Å². The van der Waals surface area contributed by atoms with Crippen LogP contribution in [0.15, 0.2) is 12.2 Å². The molecule has 0 saturated carbocycles. The average molecular weight is 292 g/mol. The summed E-state index contributed by atoms with van der Waals surface area (Å²) in [5.41, 5.74) is 0. The van der Waals surface area contributed by atoms with Gasteiger partial charge in [-0.05, 0) is 44.9 Å². The summed E-state index contributed by atoms with van der Waals surface area (Å²) >= 11 is 0. The van der Waals surface area contributed by atoms with Crippen LogP contribution in [-0.2, 0) is 9.53 Å². The maximum absolute atomic E-state index is 12.5. The summed E-state index contributed by atoms with van der Waals surface area (Å²) in [5, 5.41) is 0. The van der Waals surface area contributed by atoms with Gasteiger partial charge in [0.1, 0.15) is 0 Å². The van der Waals surface area contributed by atoms with E-state index in [1.165, 1.54) is 38.5 Å². The Kier molecular flexibility index (Phi) is 5.31. The first kappa shape index (κ1) is 15.0. The van der Waals surface area contributed by atoms with E-state index in [1.54, 1.807) is 0 Å². The molecule has 2 saturated heterocycles. The van der Waals surface area contributed by atoms with Crippen molar-refractivity contribution >= 4 is 5.91 Å². The third-order valence-corrected chi connectivity index (χ3v) is 4.96. The second-order valence-corrected chi connectivity index (χ2v) is 6.58. The van der Waals surface area contributed by atoms with Crippen LogP contribution in [0.25, 0.3) is 0 Å². The fourth-order valence-corrected chi connectivity index (χ4v) is 3.71. The third kappa shape index (κ3) is 4.07. The Hall–Kier alpha value is -0.870. The molecule has 0 N–H and O–H groups in total. The number of hydrogen-bond acceptors (Lipinski definition) is 3. The lowest BCUT2D eigenvalue weighted by atomic mass is 10.0. The Morgan fingerprint density at radius 2 is 2.05 bits per heavy atom. The molecule has 118 valence electrons. The molecule has 3 aliphatic rings. The van der Waals surface area contributed by atoms with Gasteiger partial charge in [-0.2, -0.15) is 0 Å². The number of carbonyl (C=O) groups is 1. The SMILES string of the molecule is O=C(CN(CC1CCCO1)C1C=CCCC1)N1CCCC1. The van der Waals surface area contributed by atoms with E-state index in [1.807, 2.05) is 4.90 Å². The maximum atomic E-state index is 12.5. The minimum atomic E-state index is 0.310. The number of amides is 1. The van der Waals surface area contributed by atoms with Gasteiger partial charge in [-0.3, -0.25) is 9.69 Å². The van der Waals surface area contributed by atoms with Gasteiger partial charge in [0, 0.05) is 32.3 Å². The van der Waals surface area contributed by atoms with Crippen LogP contribution < -0.4 is 0 Å². The number of nitrogens with zero attached hydrogens (tertiary/aromatic N) is 2. The Morgan fingerprint density at radius 3 is 2.71 bits per heavy atom. The van der Waals surface area contributed by atoms with Crippen LogP contribution in [0.4, 0.5) is 0 Å². The van der Waals surface area contributed by atoms with Crippen molar-refractivity contribution in [2.24, 2.45) is 0 Å². The lowest BCUT2D eigenvalue weighted by molar-refractivity contribution is -0.132. The molecule has 2 aliphatic heterocycles. The molecule has 0 aromatic carbocycles. The molecule has 0 aromatic heterocycles. The molecule has 21 heavy (non-hydrogen) atoms. The zero-order valence-electron chi connectivity index (χ0n) is 13.0. The fraction of sp³-hybridized carbons (Fsp3) is 0.824. The summed E-state index contributed by atoms with van der Waals surface area (Å²) in [6.45, 7) is 4.27. The number of rotatable bonds is 5. The van der Waals surface area contributed by atoms with E-state index in [2.05, 4.69) is 17.1 Å². The number of carbonyl (C=O) groups excluding carboxylic acids is 1. The summed E-state index contributed by atoms with van der Waals surface area (Å²) < 4.78 is 5.79. The molecule has 1 amide bonds. The summed E-state index contributed by atoms with van der Waals surface area (Å²) in [7, 11) is 0. The summed E-state index contributed by atoms with van der Waals surface area (Å²) in [5.74, 6) is 0.310. The van der Waals surface area contributed by atoms with Crippen LogP contribution >= 0.6 is 0 Å². The van der Waals surface area contributed by atoms with Gasteiger partial charge < -0.3 is 9.64 Å². The highest BCUT2D eigenvalue weighted by atomic mass is 16.5. The smallest absolute Gasteiger partial charge is 0.236 e. The van der Waals surface area contributed by atoms with E-state index in [4.69, 9.17) is 4.74 Å². The molecular weight excluding hydrogens is 264 g/mol. The normalized spacial score (nSPS) is 29.5. The van der Waals surface area contributed by atoms with Gasteiger partial charge in [0.15, 0.2) is 0 Å². The van der Waals surface area contributed by atoms with Gasteiger partial charge in [0.25, 0.3) is 0 Å². The zero-order valence-corrected chi connectivity index (χ0v) is 13.0. The second-order valence-electron chi connectivity index (χ2n) is 6.58. The van der Waals surface area contributed by atoms with Crippen LogP contribution in [0.1, 0.15) is 44.9 Å². The molecule has 4 heteroatoms. The van der Waals surface area contributed by atoms with Gasteiger partial charge in [0.05, 0.1) is 12.6 Å². The molecular formula is C17H28N2O2. The molecule has 0 aromatic rings. The Labute approximate surface area is 128 Å². The van der Waals surface area contributed by atoms with Crippen LogP contribution in [-0.4, -0.2) is 60.6 Å². The van der Waals surface area contributed by atoms with Crippen molar-refractivity contribution < 1.29 is 9.53 Å². The fourth-order valence-electron chi connectivity index (χ4n) is 3.71. The predicted molar refractivity (Wildman–Crippen MR) is 83.1 cm³/mol. The molecule has 0 radical (unpaired) electrons. The van der Waals surface area contributed by atoms with E-state index in [0.29, 0.717) is 24.6 Å². The van der Waals surface area contributed by atoms with Crippen molar-refractivity contribution in [2.75, 3.05) is 32.8 Å². The second kappa shape index (κ2) is 7.41. The van der Waals surface area contributed by atoms with Crippen molar-refractivity contribution in [3.05, 3.63) is 12.2 Å². The summed E-state index contributed by atoms with van der Waals surface area (Å²) in [4.78, 5) is 16.9. The highest BCUT2D eigenvalue weighted by molar-refractivity contribution is 5.78. The first-order valence-electron chi connectivity index (χ1n) is 8.63. The molecule has 2 unspecified atom stereocenters. The number of hydrogen-bond donors (Lipinski definition) is 0. The predicted octanol–water partition coefficient (Wildman–Crippen LogP) is 2.20. The van der Waals surface area contributed by atoms with Gasteiger partial charge in [-0.15, -0.1) is 0 Å². The quantitative estimate of drug-likeness (QED) is 0.728. The molecule has 3 rings (SSSR count). The lowest BCUT2D eigenvalue weighted by Gasteiger charge is -2.33. The van der Waals surface area contributed by atoms with Crippen molar-refractivity contribution in [2.45, 2.75) is 57.1 Å². The van der Waals surface area contributed by atoms with Crippen molar-refractivity contribution in [1.29, 1.82) is 0 Å². The van der Waals surface area contributed by atoms with E-state index in [9.17, 15) is 4.79 Å². The Balaban J connectivity index is 1.60.